The van der Waals surface area contributed by atoms with Crippen molar-refractivity contribution in [2.45, 2.75) is 39.2 Å². The smallest absolute Gasteiger partial charge is 0.333 e. The van der Waals surface area contributed by atoms with E-state index in [-0.39, 0.29) is 12.1 Å². The van der Waals surface area contributed by atoms with Crippen LogP contribution in [0.3, 0.4) is 0 Å². The molecule has 2 heteroatoms. The fraction of sp³-hybridized carbons (Fsp3) is 0.438. The Hall–Kier alpha value is -1.57. The minimum atomic E-state index is -0.292. The summed E-state index contributed by atoms with van der Waals surface area (Å²) in [7, 11) is 0. The van der Waals surface area contributed by atoms with Crippen molar-refractivity contribution in [1.29, 1.82) is 0 Å². The highest BCUT2D eigenvalue weighted by atomic mass is 16.5. The first kappa shape index (κ1) is 12.9. The molecule has 0 spiro atoms. The highest BCUT2D eigenvalue weighted by Gasteiger charge is 2.34. The molecule has 1 aliphatic rings. The van der Waals surface area contributed by atoms with E-state index in [0.29, 0.717) is 17.4 Å². The maximum absolute atomic E-state index is 11.7. The van der Waals surface area contributed by atoms with Gasteiger partial charge >= 0.3 is 5.97 Å². The Morgan fingerprint density at radius 1 is 1.33 bits per heavy atom. The van der Waals surface area contributed by atoms with E-state index in [1.807, 2.05) is 6.07 Å². The minimum Gasteiger partial charge on any atom is -0.454 e. The molecular weight excluding hydrogens is 224 g/mol. The maximum Gasteiger partial charge on any atom is 0.333 e. The van der Waals surface area contributed by atoms with E-state index in [9.17, 15) is 4.79 Å². The molecule has 0 N–H and O–H groups in total. The van der Waals surface area contributed by atoms with Crippen molar-refractivity contribution in [3.05, 3.63) is 47.5 Å². The first-order chi connectivity index (χ1) is 8.50. The molecule has 1 aromatic rings. The van der Waals surface area contributed by atoms with Crippen LogP contribution < -0.4 is 0 Å². The van der Waals surface area contributed by atoms with Crippen molar-refractivity contribution in [1.82, 2.24) is 0 Å². The lowest BCUT2D eigenvalue weighted by Crippen LogP contribution is -2.10. The SMILES string of the molecule is C=C(C)C(=O)OC1CC(C(C)C)c2ccccc21. The number of ether oxygens (including phenoxy) is 1. The number of esters is 1. The summed E-state index contributed by atoms with van der Waals surface area (Å²) in [5, 5.41) is 0. The standard InChI is InChI=1S/C16H20O2/c1-10(2)14-9-15(18-16(17)11(3)4)13-8-6-5-7-12(13)14/h5-8,10,14-15H,3,9H2,1-2,4H3. The monoisotopic (exact) mass is 244 g/mol. The van der Waals surface area contributed by atoms with Crippen LogP contribution in [0.25, 0.3) is 0 Å². The lowest BCUT2D eigenvalue weighted by Gasteiger charge is -2.16. The van der Waals surface area contributed by atoms with Crippen LogP contribution in [0.4, 0.5) is 0 Å². The summed E-state index contributed by atoms with van der Waals surface area (Å²) >= 11 is 0. The number of carbonyl (C=O) groups excluding carboxylic acids is 1. The van der Waals surface area contributed by atoms with Gasteiger partial charge in [-0.25, -0.2) is 4.79 Å². The molecular formula is C16H20O2. The number of rotatable bonds is 3. The summed E-state index contributed by atoms with van der Waals surface area (Å²) in [6, 6.07) is 8.27. The van der Waals surface area contributed by atoms with E-state index in [4.69, 9.17) is 4.74 Å². The maximum atomic E-state index is 11.7. The number of hydrogen-bond acceptors (Lipinski definition) is 2. The summed E-state index contributed by atoms with van der Waals surface area (Å²) in [5.74, 6) is 0.739. The fourth-order valence-electron chi connectivity index (χ4n) is 2.60. The molecule has 2 unspecified atom stereocenters. The Morgan fingerprint density at radius 3 is 2.50 bits per heavy atom. The van der Waals surface area contributed by atoms with Crippen LogP contribution in [0.1, 0.15) is 50.3 Å². The predicted molar refractivity (Wildman–Crippen MR) is 72.3 cm³/mol. The summed E-state index contributed by atoms with van der Waals surface area (Å²) in [6.07, 6.45) is 0.772. The average Bonchev–Trinajstić information content (AvgIpc) is 2.68. The van der Waals surface area contributed by atoms with Gasteiger partial charge in [-0.3, -0.25) is 0 Å². The van der Waals surface area contributed by atoms with Gasteiger partial charge in [0.2, 0.25) is 0 Å². The molecule has 96 valence electrons. The molecule has 2 atom stereocenters. The normalized spacial score (nSPS) is 21.8. The van der Waals surface area contributed by atoms with Gasteiger partial charge in [0.15, 0.2) is 0 Å². The van der Waals surface area contributed by atoms with Gasteiger partial charge in [-0.15, -0.1) is 0 Å². The van der Waals surface area contributed by atoms with Crippen LogP contribution >= 0.6 is 0 Å². The van der Waals surface area contributed by atoms with Crippen LogP contribution in [0.2, 0.25) is 0 Å². The zero-order valence-corrected chi connectivity index (χ0v) is 11.3. The van der Waals surface area contributed by atoms with Crippen LogP contribution in [0, 0.1) is 5.92 Å². The largest absolute Gasteiger partial charge is 0.454 e. The summed E-state index contributed by atoms with van der Waals surface area (Å²) in [4.78, 5) is 11.7. The minimum absolute atomic E-state index is 0.113. The second-order valence-corrected chi connectivity index (χ2v) is 5.39. The van der Waals surface area contributed by atoms with E-state index < -0.39 is 0 Å². The molecule has 2 nitrogen and oxygen atoms in total. The molecule has 0 bridgehead atoms. The third kappa shape index (κ3) is 2.33. The Balaban J connectivity index is 2.25. The highest BCUT2D eigenvalue weighted by molar-refractivity contribution is 5.87. The first-order valence-corrected chi connectivity index (χ1v) is 6.46. The number of fused-ring (bicyclic) bond motifs is 1. The van der Waals surface area contributed by atoms with Crippen molar-refractivity contribution in [2.24, 2.45) is 5.92 Å². The summed E-state index contributed by atoms with van der Waals surface area (Å²) in [5.41, 5.74) is 2.94. The molecule has 0 heterocycles. The van der Waals surface area contributed by atoms with Gasteiger partial charge in [0, 0.05) is 5.57 Å². The van der Waals surface area contributed by atoms with Gasteiger partial charge in [-0.05, 0) is 36.3 Å². The van der Waals surface area contributed by atoms with E-state index in [1.165, 1.54) is 5.56 Å². The average molecular weight is 244 g/mol. The molecule has 0 radical (unpaired) electrons. The van der Waals surface area contributed by atoms with Crippen molar-refractivity contribution in [3.8, 4) is 0 Å². The molecule has 18 heavy (non-hydrogen) atoms. The third-order valence-electron chi connectivity index (χ3n) is 3.61. The number of carbonyl (C=O) groups is 1. The van der Waals surface area contributed by atoms with Crippen molar-refractivity contribution in [2.75, 3.05) is 0 Å². The molecule has 2 rings (SSSR count). The summed E-state index contributed by atoms with van der Waals surface area (Å²) < 4.78 is 5.54. The zero-order valence-electron chi connectivity index (χ0n) is 11.3. The molecule has 0 fully saturated rings. The van der Waals surface area contributed by atoms with E-state index >= 15 is 0 Å². The first-order valence-electron chi connectivity index (χ1n) is 6.46. The Kier molecular flexibility index (Phi) is 3.55. The predicted octanol–water partition coefficient (Wildman–Crippen LogP) is 3.99. The molecule has 0 saturated heterocycles. The van der Waals surface area contributed by atoms with Crippen LogP contribution in [0.15, 0.2) is 36.4 Å². The van der Waals surface area contributed by atoms with Crippen LogP contribution in [-0.4, -0.2) is 5.97 Å². The summed E-state index contributed by atoms with van der Waals surface area (Å²) in [6.45, 7) is 9.74. The van der Waals surface area contributed by atoms with E-state index in [1.54, 1.807) is 6.92 Å². The zero-order chi connectivity index (χ0) is 13.3. The second-order valence-electron chi connectivity index (χ2n) is 5.39. The van der Waals surface area contributed by atoms with Gasteiger partial charge in [-0.2, -0.15) is 0 Å². The molecule has 0 saturated carbocycles. The van der Waals surface area contributed by atoms with Gasteiger partial charge in [0.25, 0.3) is 0 Å². The molecule has 0 aliphatic heterocycles. The Morgan fingerprint density at radius 2 is 1.94 bits per heavy atom. The third-order valence-corrected chi connectivity index (χ3v) is 3.61. The molecule has 1 aromatic carbocycles. The fourth-order valence-corrected chi connectivity index (χ4v) is 2.60. The second kappa shape index (κ2) is 4.97. The van der Waals surface area contributed by atoms with Gasteiger partial charge in [0.05, 0.1) is 0 Å². The lowest BCUT2D eigenvalue weighted by atomic mass is 9.90. The Labute approximate surface area is 109 Å². The number of hydrogen-bond donors (Lipinski definition) is 0. The van der Waals surface area contributed by atoms with Gasteiger partial charge in [-0.1, -0.05) is 44.7 Å². The quantitative estimate of drug-likeness (QED) is 0.593. The van der Waals surface area contributed by atoms with Crippen molar-refractivity contribution < 1.29 is 9.53 Å². The lowest BCUT2D eigenvalue weighted by molar-refractivity contribution is -0.144. The van der Waals surface area contributed by atoms with Crippen LogP contribution in [-0.2, 0) is 9.53 Å². The molecule has 0 aromatic heterocycles. The van der Waals surface area contributed by atoms with Crippen LogP contribution in [0.5, 0.6) is 0 Å². The van der Waals surface area contributed by atoms with Crippen molar-refractivity contribution >= 4 is 5.97 Å². The van der Waals surface area contributed by atoms with Crippen molar-refractivity contribution in [3.63, 3.8) is 0 Å². The molecule has 0 amide bonds. The number of benzene rings is 1. The Bertz CT molecular complexity index is 474. The molecule has 1 aliphatic carbocycles. The highest BCUT2D eigenvalue weighted by Crippen LogP contribution is 2.45. The topological polar surface area (TPSA) is 26.3 Å². The van der Waals surface area contributed by atoms with E-state index in [2.05, 4.69) is 38.6 Å². The van der Waals surface area contributed by atoms with Gasteiger partial charge < -0.3 is 4.74 Å². The van der Waals surface area contributed by atoms with Gasteiger partial charge in [0.1, 0.15) is 6.10 Å². The van der Waals surface area contributed by atoms with E-state index in [0.717, 1.165) is 12.0 Å².